The first-order valence-electron chi connectivity index (χ1n) is 5.18. The summed E-state index contributed by atoms with van der Waals surface area (Å²) in [6.45, 7) is 2.03. The molecule has 74 valence electrons. The van der Waals surface area contributed by atoms with E-state index in [-0.39, 0.29) is 0 Å². The second-order valence-corrected chi connectivity index (χ2v) is 3.49. The van der Waals surface area contributed by atoms with Crippen molar-refractivity contribution in [2.75, 3.05) is 0 Å². The Morgan fingerprint density at radius 2 is 1.33 bits per heavy atom. The lowest BCUT2D eigenvalue weighted by Crippen LogP contribution is -1.77. The van der Waals surface area contributed by atoms with Gasteiger partial charge in [0, 0.05) is 0 Å². The van der Waals surface area contributed by atoms with E-state index in [1.807, 2.05) is 13.0 Å². The number of allylic oxidation sites excluding steroid dienone is 1. The Labute approximate surface area is 90.9 Å². The summed E-state index contributed by atoms with van der Waals surface area (Å²) in [5.74, 6) is 0. The van der Waals surface area contributed by atoms with Crippen molar-refractivity contribution in [2.24, 2.45) is 0 Å². The van der Waals surface area contributed by atoms with Crippen LogP contribution in [0.1, 0.15) is 12.5 Å². The Morgan fingerprint density at radius 3 is 1.93 bits per heavy atom. The topological polar surface area (TPSA) is 0 Å². The van der Waals surface area contributed by atoms with Crippen molar-refractivity contribution in [2.45, 2.75) is 6.92 Å². The van der Waals surface area contributed by atoms with Crippen molar-refractivity contribution < 1.29 is 0 Å². The van der Waals surface area contributed by atoms with Crippen LogP contribution in [0, 0.1) is 0 Å². The fourth-order valence-electron chi connectivity index (χ4n) is 1.61. The lowest BCUT2D eigenvalue weighted by atomic mass is 10.0. The fraction of sp³-hybridized carbons (Fsp3) is 0.0667. The summed E-state index contributed by atoms with van der Waals surface area (Å²) in [6.07, 6.45) is 4.16. The molecule has 0 unspecified atom stereocenters. The summed E-state index contributed by atoms with van der Waals surface area (Å²) in [5, 5.41) is 0. The second-order valence-electron chi connectivity index (χ2n) is 3.49. The minimum atomic E-state index is 1.25. The number of rotatable bonds is 2. The molecular formula is C15H14. The van der Waals surface area contributed by atoms with Gasteiger partial charge in [-0.15, -0.1) is 0 Å². The van der Waals surface area contributed by atoms with Gasteiger partial charge in [-0.1, -0.05) is 66.7 Å². The predicted molar refractivity (Wildman–Crippen MR) is 66.6 cm³/mol. The predicted octanol–water partition coefficient (Wildman–Crippen LogP) is 4.39. The van der Waals surface area contributed by atoms with Crippen LogP contribution in [0.5, 0.6) is 0 Å². The van der Waals surface area contributed by atoms with Gasteiger partial charge in [0.15, 0.2) is 0 Å². The Bertz CT molecular complexity index is 435. The first kappa shape index (κ1) is 9.72. The zero-order valence-electron chi connectivity index (χ0n) is 8.85. The Balaban J connectivity index is 2.32. The van der Waals surface area contributed by atoms with Crippen LogP contribution >= 0.6 is 0 Å². The minimum absolute atomic E-state index is 1.25. The van der Waals surface area contributed by atoms with Crippen molar-refractivity contribution in [1.29, 1.82) is 0 Å². The standard InChI is InChI=1S/C15H14/c1-2-6-13-9-11-15(12-10-13)14-7-4-3-5-8-14/h2-12H,1H3/b6-2-. The van der Waals surface area contributed by atoms with Gasteiger partial charge < -0.3 is 0 Å². The molecule has 0 aliphatic rings. The van der Waals surface area contributed by atoms with E-state index in [1.165, 1.54) is 16.7 Å². The summed E-state index contributed by atoms with van der Waals surface area (Å²) in [5.41, 5.74) is 3.78. The van der Waals surface area contributed by atoms with Crippen molar-refractivity contribution in [3.63, 3.8) is 0 Å². The van der Waals surface area contributed by atoms with Crippen LogP contribution in [0.3, 0.4) is 0 Å². The van der Waals surface area contributed by atoms with Crippen LogP contribution in [0.2, 0.25) is 0 Å². The molecule has 0 aliphatic heterocycles. The van der Waals surface area contributed by atoms with E-state index in [9.17, 15) is 0 Å². The molecule has 0 fully saturated rings. The van der Waals surface area contributed by atoms with Crippen LogP contribution in [0.15, 0.2) is 60.7 Å². The Hall–Kier alpha value is -1.82. The lowest BCUT2D eigenvalue weighted by Gasteiger charge is -2.01. The van der Waals surface area contributed by atoms with Crippen LogP contribution in [0.4, 0.5) is 0 Å². The maximum absolute atomic E-state index is 2.16. The first-order valence-corrected chi connectivity index (χ1v) is 5.18. The third-order valence-electron chi connectivity index (χ3n) is 2.38. The number of hydrogen-bond acceptors (Lipinski definition) is 0. The molecular weight excluding hydrogens is 180 g/mol. The summed E-state index contributed by atoms with van der Waals surface area (Å²) in [4.78, 5) is 0. The van der Waals surface area contributed by atoms with E-state index >= 15 is 0 Å². The maximum atomic E-state index is 2.16. The Morgan fingerprint density at radius 1 is 0.733 bits per heavy atom. The van der Waals surface area contributed by atoms with Gasteiger partial charge in [0.25, 0.3) is 0 Å². The molecule has 2 aromatic carbocycles. The van der Waals surface area contributed by atoms with Gasteiger partial charge in [0.05, 0.1) is 0 Å². The molecule has 2 aromatic rings. The molecule has 0 amide bonds. The summed E-state index contributed by atoms with van der Waals surface area (Å²) in [6, 6.07) is 19.0. The lowest BCUT2D eigenvalue weighted by molar-refractivity contribution is 1.59. The fourth-order valence-corrected chi connectivity index (χ4v) is 1.61. The average molecular weight is 194 g/mol. The molecule has 0 aliphatic carbocycles. The van der Waals surface area contributed by atoms with Crippen LogP contribution in [-0.2, 0) is 0 Å². The van der Waals surface area contributed by atoms with Crippen LogP contribution < -0.4 is 0 Å². The highest BCUT2D eigenvalue weighted by atomic mass is 14.0. The molecule has 0 bridgehead atoms. The number of benzene rings is 2. The molecule has 0 atom stereocenters. The summed E-state index contributed by atoms with van der Waals surface area (Å²) >= 11 is 0. The second kappa shape index (κ2) is 4.61. The minimum Gasteiger partial charge on any atom is -0.0871 e. The van der Waals surface area contributed by atoms with Crippen LogP contribution in [0.25, 0.3) is 17.2 Å². The molecule has 15 heavy (non-hydrogen) atoms. The van der Waals surface area contributed by atoms with Gasteiger partial charge in [0.2, 0.25) is 0 Å². The molecule has 0 saturated carbocycles. The zero-order chi connectivity index (χ0) is 10.5. The van der Waals surface area contributed by atoms with Gasteiger partial charge >= 0.3 is 0 Å². The van der Waals surface area contributed by atoms with E-state index in [1.54, 1.807) is 0 Å². The van der Waals surface area contributed by atoms with Crippen molar-refractivity contribution in [1.82, 2.24) is 0 Å². The highest BCUT2D eigenvalue weighted by molar-refractivity contribution is 5.65. The van der Waals surface area contributed by atoms with E-state index in [2.05, 4.69) is 60.7 Å². The van der Waals surface area contributed by atoms with Gasteiger partial charge in [-0.05, 0) is 23.6 Å². The molecule has 0 saturated heterocycles. The third-order valence-corrected chi connectivity index (χ3v) is 2.38. The summed E-state index contributed by atoms with van der Waals surface area (Å²) in [7, 11) is 0. The molecule has 0 nitrogen and oxygen atoms in total. The number of hydrogen-bond donors (Lipinski definition) is 0. The smallest absolute Gasteiger partial charge is 0.0184 e. The largest absolute Gasteiger partial charge is 0.0871 e. The van der Waals surface area contributed by atoms with Gasteiger partial charge in [0.1, 0.15) is 0 Å². The highest BCUT2D eigenvalue weighted by Crippen LogP contribution is 2.19. The van der Waals surface area contributed by atoms with E-state index in [0.29, 0.717) is 0 Å². The van der Waals surface area contributed by atoms with Gasteiger partial charge in [-0.2, -0.15) is 0 Å². The van der Waals surface area contributed by atoms with E-state index < -0.39 is 0 Å². The van der Waals surface area contributed by atoms with Gasteiger partial charge in [-0.3, -0.25) is 0 Å². The van der Waals surface area contributed by atoms with Gasteiger partial charge in [-0.25, -0.2) is 0 Å². The molecule has 0 aromatic heterocycles. The normalized spacial score (nSPS) is 10.7. The van der Waals surface area contributed by atoms with E-state index in [4.69, 9.17) is 0 Å². The zero-order valence-corrected chi connectivity index (χ0v) is 8.85. The van der Waals surface area contributed by atoms with Crippen molar-refractivity contribution in [3.05, 3.63) is 66.2 Å². The summed E-state index contributed by atoms with van der Waals surface area (Å²) < 4.78 is 0. The van der Waals surface area contributed by atoms with Crippen molar-refractivity contribution >= 4 is 6.08 Å². The SMILES string of the molecule is C/C=C\c1ccc(-c2ccccc2)cc1. The maximum Gasteiger partial charge on any atom is -0.0184 e. The molecule has 0 radical (unpaired) electrons. The van der Waals surface area contributed by atoms with E-state index in [0.717, 1.165) is 0 Å². The Kier molecular flexibility index (Phi) is 2.99. The molecule has 2 rings (SSSR count). The quantitative estimate of drug-likeness (QED) is 0.665. The third kappa shape index (κ3) is 2.35. The average Bonchev–Trinajstić information content (AvgIpc) is 2.32. The molecule has 0 heterocycles. The molecule has 0 N–H and O–H groups in total. The monoisotopic (exact) mass is 194 g/mol. The van der Waals surface area contributed by atoms with Crippen molar-refractivity contribution in [3.8, 4) is 11.1 Å². The van der Waals surface area contributed by atoms with Crippen LogP contribution in [-0.4, -0.2) is 0 Å². The molecule has 0 spiro atoms. The first-order chi connectivity index (χ1) is 7.40. The molecule has 0 heteroatoms. The highest BCUT2D eigenvalue weighted by Gasteiger charge is 1.94.